The summed E-state index contributed by atoms with van der Waals surface area (Å²) in [6, 6.07) is 2.36. The lowest BCUT2D eigenvalue weighted by Gasteiger charge is -2.18. The van der Waals surface area contributed by atoms with Crippen molar-refractivity contribution in [2.75, 3.05) is 38.1 Å². The summed E-state index contributed by atoms with van der Waals surface area (Å²) in [5, 5.41) is 13.7. The Labute approximate surface area is 167 Å². The van der Waals surface area contributed by atoms with E-state index in [4.69, 9.17) is 10.3 Å². The second-order valence-electron chi connectivity index (χ2n) is 7.23. The molecule has 1 unspecified atom stereocenters. The number of nitriles is 1. The van der Waals surface area contributed by atoms with Crippen LogP contribution in [0.25, 0.3) is 5.70 Å². The lowest BCUT2D eigenvalue weighted by atomic mass is 10.1. The van der Waals surface area contributed by atoms with Crippen LogP contribution in [0.3, 0.4) is 0 Å². The van der Waals surface area contributed by atoms with Gasteiger partial charge in [0.15, 0.2) is 0 Å². The van der Waals surface area contributed by atoms with E-state index in [1.54, 1.807) is 13.3 Å². The molecule has 2 saturated heterocycles. The Morgan fingerprint density at radius 2 is 2.11 bits per heavy atom. The highest BCUT2D eigenvalue weighted by Crippen LogP contribution is 2.24. The molecule has 1 aromatic rings. The number of rotatable bonds is 5. The van der Waals surface area contributed by atoms with Crippen molar-refractivity contribution in [2.24, 2.45) is 15.9 Å². The predicted octanol–water partition coefficient (Wildman–Crippen LogP) is 3.19. The quantitative estimate of drug-likeness (QED) is 0.582. The van der Waals surface area contributed by atoms with Crippen LogP contribution in [0.15, 0.2) is 40.2 Å². The molecule has 1 atom stereocenters. The summed E-state index contributed by atoms with van der Waals surface area (Å²) in [6.45, 7) is 7.77. The summed E-state index contributed by atoms with van der Waals surface area (Å²) in [4.78, 5) is 13.7. The van der Waals surface area contributed by atoms with Crippen LogP contribution in [0, 0.1) is 17.2 Å². The monoisotopic (exact) mass is 379 g/mol. The van der Waals surface area contributed by atoms with E-state index in [0.717, 1.165) is 55.5 Å². The SMILES string of the molecule is C\C=C/C(=N\C(C)=C(\C=NC)n1cc(N2CCC(C#N)C2)cn1)N1CCCC1. The van der Waals surface area contributed by atoms with Gasteiger partial charge in [-0.3, -0.25) is 4.99 Å². The third kappa shape index (κ3) is 4.50. The lowest BCUT2D eigenvalue weighted by Crippen LogP contribution is -2.26. The minimum atomic E-state index is 0.103. The van der Waals surface area contributed by atoms with Crippen molar-refractivity contribution in [1.29, 1.82) is 5.26 Å². The van der Waals surface area contributed by atoms with Crippen LogP contribution < -0.4 is 4.90 Å². The van der Waals surface area contributed by atoms with Gasteiger partial charge in [0.2, 0.25) is 0 Å². The first-order valence-electron chi connectivity index (χ1n) is 9.95. The molecule has 0 aromatic carbocycles. The number of nitrogens with zero attached hydrogens (tertiary/aromatic N) is 7. The summed E-state index contributed by atoms with van der Waals surface area (Å²) in [5.41, 5.74) is 2.76. The van der Waals surface area contributed by atoms with Gasteiger partial charge in [0.05, 0.1) is 35.8 Å². The van der Waals surface area contributed by atoms with Crippen molar-refractivity contribution in [3.05, 3.63) is 30.2 Å². The van der Waals surface area contributed by atoms with Gasteiger partial charge in [-0.05, 0) is 39.2 Å². The van der Waals surface area contributed by atoms with Crippen LogP contribution in [-0.4, -0.2) is 60.0 Å². The maximum Gasteiger partial charge on any atom is 0.128 e. The zero-order valence-corrected chi connectivity index (χ0v) is 17.0. The first-order valence-corrected chi connectivity index (χ1v) is 9.95. The van der Waals surface area contributed by atoms with E-state index in [1.165, 1.54) is 12.8 Å². The zero-order valence-electron chi connectivity index (χ0n) is 17.0. The largest absolute Gasteiger partial charge is 0.368 e. The van der Waals surface area contributed by atoms with Crippen molar-refractivity contribution in [2.45, 2.75) is 33.1 Å². The van der Waals surface area contributed by atoms with Gasteiger partial charge >= 0.3 is 0 Å². The molecule has 0 radical (unpaired) electrons. The molecule has 28 heavy (non-hydrogen) atoms. The molecule has 3 rings (SSSR count). The highest BCUT2D eigenvalue weighted by molar-refractivity contribution is 6.04. The Morgan fingerprint density at radius 1 is 1.32 bits per heavy atom. The molecule has 2 aliphatic rings. The fourth-order valence-corrected chi connectivity index (χ4v) is 3.69. The van der Waals surface area contributed by atoms with Crippen LogP contribution in [0.1, 0.15) is 33.1 Å². The molecule has 0 N–H and O–H groups in total. The molecule has 2 aliphatic heterocycles. The Bertz CT molecular complexity index is 831. The van der Waals surface area contributed by atoms with Gasteiger partial charge < -0.3 is 9.80 Å². The Hall–Kier alpha value is -2.88. The summed E-state index contributed by atoms with van der Waals surface area (Å²) in [7, 11) is 1.76. The molecule has 0 amide bonds. The first kappa shape index (κ1) is 19.9. The molecule has 3 heterocycles. The third-order valence-corrected chi connectivity index (χ3v) is 5.20. The Balaban J connectivity index is 1.89. The van der Waals surface area contributed by atoms with Gasteiger partial charge in [-0.15, -0.1) is 0 Å². The van der Waals surface area contributed by atoms with Gasteiger partial charge in [-0.25, -0.2) is 9.67 Å². The molecule has 148 valence electrons. The standard InChI is InChI=1S/C21H29N7/c1-4-7-21(26-9-5-6-10-26)25-17(2)20(14-23-3)28-16-19(13-24-28)27-11-8-18(12-22)15-27/h4,7,13-14,16,18H,5-6,8-11,15H2,1-3H3/b7-4-,20-17-,23-14?,25-21+. The molecule has 0 spiro atoms. The van der Waals surface area contributed by atoms with Crippen molar-refractivity contribution in [3.63, 3.8) is 0 Å². The minimum absolute atomic E-state index is 0.103. The third-order valence-electron chi connectivity index (χ3n) is 5.20. The average molecular weight is 380 g/mol. The number of likely N-dealkylation sites (tertiary alicyclic amines) is 1. The normalized spacial score (nSPS) is 21.8. The number of hydrogen-bond donors (Lipinski definition) is 0. The molecule has 7 heteroatoms. The Morgan fingerprint density at radius 3 is 2.75 bits per heavy atom. The molecule has 7 nitrogen and oxygen atoms in total. The molecular formula is C21H29N7. The van der Waals surface area contributed by atoms with Gasteiger partial charge in [0, 0.05) is 39.4 Å². The van der Waals surface area contributed by atoms with Crippen molar-refractivity contribution >= 4 is 23.4 Å². The number of allylic oxidation sites excluding steroid dienone is 3. The van der Waals surface area contributed by atoms with Gasteiger partial charge in [-0.1, -0.05) is 6.08 Å². The summed E-state index contributed by atoms with van der Waals surface area (Å²) in [5.74, 6) is 1.09. The summed E-state index contributed by atoms with van der Waals surface area (Å²) in [6.07, 6.45) is 13.1. The highest BCUT2D eigenvalue weighted by Gasteiger charge is 2.23. The fraction of sp³-hybridized carbons (Fsp3) is 0.524. The van der Waals surface area contributed by atoms with Crippen molar-refractivity contribution in [1.82, 2.24) is 14.7 Å². The molecule has 0 bridgehead atoms. The van der Waals surface area contributed by atoms with Crippen LogP contribution in [-0.2, 0) is 0 Å². The number of amidine groups is 1. The van der Waals surface area contributed by atoms with Crippen LogP contribution in [0.4, 0.5) is 5.69 Å². The highest BCUT2D eigenvalue weighted by atomic mass is 15.3. The maximum atomic E-state index is 9.14. The number of aromatic nitrogens is 2. The van der Waals surface area contributed by atoms with Crippen molar-refractivity contribution < 1.29 is 0 Å². The Kier molecular flexibility index (Phi) is 6.64. The summed E-state index contributed by atoms with van der Waals surface area (Å²) >= 11 is 0. The molecule has 0 aliphatic carbocycles. The van der Waals surface area contributed by atoms with E-state index >= 15 is 0 Å². The van der Waals surface area contributed by atoms with Gasteiger partial charge in [-0.2, -0.15) is 10.4 Å². The van der Waals surface area contributed by atoms with E-state index in [9.17, 15) is 0 Å². The second-order valence-corrected chi connectivity index (χ2v) is 7.23. The van der Waals surface area contributed by atoms with Gasteiger partial charge in [0.1, 0.15) is 11.5 Å². The van der Waals surface area contributed by atoms with E-state index in [-0.39, 0.29) is 5.92 Å². The molecule has 0 saturated carbocycles. The molecule has 1 aromatic heterocycles. The molecular weight excluding hydrogens is 350 g/mol. The lowest BCUT2D eigenvalue weighted by molar-refractivity contribution is 0.522. The fourth-order valence-electron chi connectivity index (χ4n) is 3.69. The number of anilines is 1. The number of hydrogen-bond acceptors (Lipinski definition) is 5. The second kappa shape index (κ2) is 9.36. The zero-order chi connectivity index (χ0) is 19.9. The van der Waals surface area contributed by atoms with Crippen LogP contribution in [0.2, 0.25) is 0 Å². The maximum absolute atomic E-state index is 9.14. The topological polar surface area (TPSA) is 72.8 Å². The van der Waals surface area contributed by atoms with Crippen LogP contribution in [0.5, 0.6) is 0 Å². The minimum Gasteiger partial charge on any atom is -0.368 e. The van der Waals surface area contributed by atoms with E-state index in [0.29, 0.717) is 0 Å². The van der Waals surface area contributed by atoms with Gasteiger partial charge in [0.25, 0.3) is 0 Å². The van der Waals surface area contributed by atoms with Crippen molar-refractivity contribution in [3.8, 4) is 6.07 Å². The predicted molar refractivity (Wildman–Crippen MR) is 115 cm³/mol. The number of aliphatic imine (C=N–C) groups is 2. The van der Waals surface area contributed by atoms with E-state index in [2.05, 4.69) is 32.0 Å². The van der Waals surface area contributed by atoms with Crippen LogP contribution >= 0.6 is 0 Å². The summed E-state index contributed by atoms with van der Waals surface area (Å²) < 4.78 is 1.83. The first-order chi connectivity index (χ1) is 13.7. The molecule has 2 fully saturated rings. The van der Waals surface area contributed by atoms with E-state index in [1.807, 2.05) is 37.0 Å². The van der Waals surface area contributed by atoms with E-state index < -0.39 is 0 Å². The smallest absolute Gasteiger partial charge is 0.128 e. The average Bonchev–Trinajstić information content (AvgIpc) is 3.46.